The van der Waals surface area contributed by atoms with E-state index in [1.54, 1.807) is 0 Å². The van der Waals surface area contributed by atoms with E-state index in [2.05, 4.69) is 10.2 Å². The van der Waals surface area contributed by atoms with Crippen LogP contribution < -0.4 is 11.1 Å². The number of hydrogen-bond acceptors (Lipinski definition) is 3. The highest BCUT2D eigenvalue weighted by molar-refractivity contribution is 5.82. The quantitative estimate of drug-likeness (QED) is 0.720. The van der Waals surface area contributed by atoms with Gasteiger partial charge in [-0.2, -0.15) is 0 Å². The number of nitrogens with two attached hydrogens (primary N) is 1. The summed E-state index contributed by atoms with van der Waals surface area (Å²) in [5.74, 6) is 0.906. The SMILES string of the molecule is CC(C)[C@@H](N)C(=O)NC1CN2CCC1CC2. The van der Waals surface area contributed by atoms with Gasteiger partial charge in [0, 0.05) is 12.6 Å². The summed E-state index contributed by atoms with van der Waals surface area (Å²) in [6.45, 7) is 7.39. The number of rotatable bonds is 3. The molecule has 3 N–H and O–H groups in total. The highest BCUT2D eigenvalue weighted by Crippen LogP contribution is 2.27. The molecule has 16 heavy (non-hydrogen) atoms. The van der Waals surface area contributed by atoms with Crippen LogP contribution in [0.3, 0.4) is 0 Å². The van der Waals surface area contributed by atoms with Gasteiger partial charge in [-0.25, -0.2) is 0 Å². The molecule has 2 bridgehead atoms. The molecule has 2 atom stereocenters. The van der Waals surface area contributed by atoms with Gasteiger partial charge in [-0.1, -0.05) is 13.8 Å². The van der Waals surface area contributed by atoms with Gasteiger partial charge in [-0.15, -0.1) is 0 Å². The Morgan fingerprint density at radius 1 is 1.38 bits per heavy atom. The lowest BCUT2D eigenvalue weighted by molar-refractivity contribution is -0.125. The number of amides is 1. The smallest absolute Gasteiger partial charge is 0.237 e. The van der Waals surface area contributed by atoms with Gasteiger partial charge < -0.3 is 16.0 Å². The second-order valence-electron chi connectivity index (χ2n) is 5.52. The van der Waals surface area contributed by atoms with Gasteiger partial charge in [0.2, 0.25) is 5.91 Å². The van der Waals surface area contributed by atoms with Crippen molar-refractivity contribution in [2.75, 3.05) is 19.6 Å². The van der Waals surface area contributed by atoms with Gasteiger partial charge in [0.05, 0.1) is 6.04 Å². The molecule has 1 amide bonds. The Hall–Kier alpha value is -0.610. The second-order valence-corrected chi connectivity index (χ2v) is 5.52. The van der Waals surface area contributed by atoms with Crippen LogP contribution in [0.2, 0.25) is 0 Å². The molecule has 4 nitrogen and oxygen atoms in total. The van der Waals surface area contributed by atoms with Crippen molar-refractivity contribution < 1.29 is 4.79 Å². The summed E-state index contributed by atoms with van der Waals surface area (Å²) in [4.78, 5) is 14.3. The summed E-state index contributed by atoms with van der Waals surface area (Å²) in [6.07, 6.45) is 2.45. The largest absolute Gasteiger partial charge is 0.350 e. The number of carbonyl (C=O) groups excluding carboxylic acids is 1. The minimum absolute atomic E-state index is 0.0220. The lowest BCUT2D eigenvalue weighted by atomic mass is 9.84. The van der Waals surface area contributed by atoms with Crippen molar-refractivity contribution in [3.8, 4) is 0 Å². The maximum atomic E-state index is 11.9. The van der Waals surface area contributed by atoms with Gasteiger partial charge in [0.25, 0.3) is 0 Å². The number of nitrogens with zero attached hydrogens (tertiary/aromatic N) is 1. The molecule has 3 fully saturated rings. The van der Waals surface area contributed by atoms with E-state index in [0.29, 0.717) is 12.0 Å². The lowest BCUT2D eigenvalue weighted by Crippen LogP contribution is -2.59. The molecule has 0 saturated carbocycles. The Morgan fingerprint density at radius 3 is 2.44 bits per heavy atom. The molecule has 3 rings (SSSR count). The number of piperidine rings is 3. The molecule has 0 aromatic heterocycles. The van der Waals surface area contributed by atoms with E-state index in [-0.39, 0.29) is 17.9 Å². The molecule has 92 valence electrons. The van der Waals surface area contributed by atoms with Crippen molar-refractivity contribution in [2.24, 2.45) is 17.6 Å². The number of hydrogen-bond donors (Lipinski definition) is 2. The van der Waals surface area contributed by atoms with Crippen molar-refractivity contribution in [3.63, 3.8) is 0 Å². The Bertz CT molecular complexity index is 259. The van der Waals surface area contributed by atoms with Gasteiger partial charge >= 0.3 is 0 Å². The highest BCUT2D eigenvalue weighted by Gasteiger charge is 2.35. The zero-order valence-electron chi connectivity index (χ0n) is 10.3. The van der Waals surface area contributed by atoms with Crippen molar-refractivity contribution in [2.45, 2.75) is 38.8 Å². The van der Waals surface area contributed by atoms with Gasteiger partial charge in [0.1, 0.15) is 0 Å². The average molecular weight is 225 g/mol. The normalized spacial score (nSPS) is 35.1. The van der Waals surface area contributed by atoms with Gasteiger partial charge in [-0.05, 0) is 37.8 Å². The predicted octanol–water partition coefficient (Wildman–Crippen LogP) is 0.180. The van der Waals surface area contributed by atoms with Gasteiger partial charge in [-0.3, -0.25) is 4.79 Å². The first kappa shape index (κ1) is 11.9. The summed E-state index contributed by atoms with van der Waals surface area (Å²) >= 11 is 0. The van der Waals surface area contributed by atoms with Crippen molar-refractivity contribution in [1.29, 1.82) is 0 Å². The van der Waals surface area contributed by atoms with E-state index in [1.807, 2.05) is 13.8 Å². The maximum absolute atomic E-state index is 11.9. The van der Waals surface area contributed by atoms with E-state index in [1.165, 1.54) is 25.9 Å². The summed E-state index contributed by atoms with van der Waals surface area (Å²) < 4.78 is 0. The monoisotopic (exact) mass is 225 g/mol. The van der Waals surface area contributed by atoms with E-state index < -0.39 is 0 Å². The molecule has 0 aromatic rings. The van der Waals surface area contributed by atoms with E-state index >= 15 is 0 Å². The Labute approximate surface area is 97.6 Å². The molecule has 0 aliphatic carbocycles. The Balaban J connectivity index is 1.88. The molecule has 3 heterocycles. The minimum atomic E-state index is -0.365. The third kappa shape index (κ3) is 2.38. The van der Waals surface area contributed by atoms with Crippen molar-refractivity contribution >= 4 is 5.91 Å². The first-order chi connectivity index (χ1) is 7.58. The van der Waals surface area contributed by atoms with Crippen LogP contribution in [-0.2, 0) is 4.79 Å². The molecular weight excluding hydrogens is 202 g/mol. The molecule has 3 aliphatic heterocycles. The van der Waals surface area contributed by atoms with Crippen LogP contribution in [0.4, 0.5) is 0 Å². The molecule has 0 aromatic carbocycles. The summed E-state index contributed by atoms with van der Waals surface area (Å²) in [5, 5.41) is 3.13. The van der Waals surface area contributed by atoms with Crippen LogP contribution in [0.25, 0.3) is 0 Å². The van der Waals surface area contributed by atoms with Crippen LogP contribution in [-0.4, -0.2) is 42.5 Å². The maximum Gasteiger partial charge on any atom is 0.237 e. The van der Waals surface area contributed by atoms with Crippen LogP contribution in [0.1, 0.15) is 26.7 Å². The van der Waals surface area contributed by atoms with Crippen LogP contribution in [0.15, 0.2) is 0 Å². The third-order valence-corrected chi connectivity index (χ3v) is 4.00. The molecular formula is C12H23N3O. The first-order valence-electron chi connectivity index (χ1n) is 6.36. The summed E-state index contributed by atoms with van der Waals surface area (Å²) in [7, 11) is 0. The predicted molar refractivity (Wildman–Crippen MR) is 63.9 cm³/mol. The zero-order chi connectivity index (χ0) is 11.7. The average Bonchev–Trinajstić information content (AvgIpc) is 2.29. The second kappa shape index (κ2) is 4.72. The number of fused-ring (bicyclic) bond motifs is 3. The lowest BCUT2D eigenvalue weighted by Gasteiger charge is -2.45. The van der Waals surface area contributed by atoms with E-state index in [0.717, 1.165) is 6.54 Å². The molecule has 3 aliphatic rings. The standard InChI is InChI=1S/C12H23N3O/c1-8(2)11(13)12(16)14-10-7-15-5-3-9(10)4-6-15/h8-11H,3-7,13H2,1-2H3,(H,14,16)/t10?,11-/m1/s1. The Kier molecular flexibility index (Phi) is 3.50. The third-order valence-electron chi connectivity index (χ3n) is 4.00. The van der Waals surface area contributed by atoms with Crippen molar-refractivity contribution in [1.82, 2.24) is 10.2 Å². The highest BCUT2D eigenvalue weighted by atomic mass is 16.2. The molecule has 4 heteroatoms. The molecule has 3 saturated heterocycles. The fourth-order valence-corrected chi connectivity index (χ4v) is 2.71. The molecule has 0 radical (unpaired) electrons. The molecule has 1 unspecified atom stereocenters. The zero-order valence-corrected chi connectivity index (χ0v) is 10.3. The van der Waals surface area contributed by atoms with Crippen LogP contribution in [0.5, 0.6) is 0 Å². The van der Waals surface area contributed by atoms with E-state index in [4.69, 9.17) is 5.73 Å². The van der Waals surface area contributed by atoms with Gasteiger partial charge in [0.15, 0.2) is 0 Å². The summed E-state index contributed by atoms with van der Waals surface area (Å²) in [6, 6.07) is -0.0322. The Morgan fingerprint density at radius 2 is 2.00 bits per heavy atom. The number of carbonyl (C=O) groups is 1. The first-order valence-corrected chi connectivity index (χ1v) is 6.36. The van der Waals surface area contributed by atoms with Crippen molar-refractivity contribution in [3.05, 3.63) is 0 Å². The number of nitrogens with one attached hydrogen (secondary N) is 1. The van der Waals surface area contributed by atoms with Crippen LogP contribution in [0, 0.1) is 11.8 Å². The minimum Gasteiger partial charge on any atom is -0.350 e. The van der Waals surface area contributed by atoms with E-state index in [9.17, 15) is 4.79 Å². The topological polar surface area (TPSA) is 58.4 Å². The van der Waals surface area contributed by atoms with Crippen LogP contribution >= 0.6 is 0 Å². The fourth-order valence-electron chi connectivity index (χ4n) is 2.71. The molecule has 0 spiro atoms. The summed E-state index contributed by atoms with van der Waals surface area (Å²) in [5.41, 5.74) is 5.85. The fraction of sp³-hybridized carbons (Fsp3) is 0.917.